The van der Waals surface area contributed by atoms with Gasteiger partial charge in [0, 0.05) is 44.2 Å². The number of hydrogen-bond donors (Lipinski definition) is 0. The van der Waals surface area contributed by atoms with Gasteiger partial charge in [0.15, 0.2) is 0 Å². The monoisotopic (exact) mass is 576 g/mol. The fraction of sp³-hybridized carbons (Fsp3) is 0.323. The van der Waals surface area contributed by atoms with Gasteiger partial charge in [-0.2, -0.15) is 4.31 Å². The molecule has 1 aliphatic rings. The zero-order valence-electron chi connectivity index (χ0n) is 24.1. The lowest BCUT2D eigenvalue weighted by atomic mass is 10.1. The van der Waals surface area contributed by atoms with Gasteiger partial charge in [0.05, 0.1) is 18.0 Å². The van der Waals surface area contributed by atoms with E-state index in [-0.39, 0.29) is 17.3 Å². The second-order valence-electron chi connectivity index (χ2n) is 10.9. The average molecular weight is 577 g/mol. The molecule has 3 aromatic carbocycles. The summed E-state index contributed by atoms with van der Waals surface area (Å²) in [6.07, 6.45) is 2.51. The summed E-state index contributed by atoms with van der Waals surface area (Å²) in [6.45, 7) is 6.86. The molecular weight excluding hydrogens is 540 g/mol. The van der Waals surface area contributed by atoms with Crippen molar-refractivity contribution in [2.45, 2.75) is 37.8 Å². The molecule has 0 aliphatic carbocycles. The van der Waals surface area contributed by atoms with Crippen molar-refractivity contribution in [2.24, 2.45) is 4.99 Å². The first kappa shape index (κ1) is 30.0. The Kier molecular flexibility index (Phi) is 8.94. The van der Waals surface area contributed by atoms with Crippen LogP contribution in [0.15, 0.2) is 88.8 Å². The van der Waals surface area contributed by atoms with E-state index in [0.717, 1.165) is 16.5 Å². The zero-order valence-corrected chi connectivity index (χ0v) is 24.9. The fourth-order valence-electron chi connectivity index (χ4n) is 4.42. The minimum absolute atomic E-state index is 0.0517. The molecule has 2 amide bonds. The van der Waals surface area contributed by atoms with Crippen molar-refractivity contribution >= 4 is 38.6 Å². The topological polar surface area (TPSA) is 99.6 Å². The van der Waals surface area contributed by atoms with Gasteiger partial charge in [-0.15, -0.1) is 0 Å². The van der Waals surface area contributed by atoms with Crippen molar-refractivity contribution in [3.63, 3.8) is 0 Å². The van der Waals surface area contributed by atoms with Gasteiger partial charge in [-0.3, -0.25) is 14.7 Å². The molecule has 0 saturated heterocycles. The highest BCUT2D eigenvalue weighted by molar-refractivity contribution is 7.89. The van der Waals surface area contributed by atoms with Crippen LogP contribution < -0.4 is 0 Å². The van der Waals surface area contributed by atoms with E-state index >= 15 is 0 Å². The number of nitrogens with zero attached hydrogens (tertiary/aromatic N) is 4. The maximum Gasteiger partial charge on any atom is 0.416 e. The maximum absolute atomic E-state index is 13.2. The lowest BCUT2D eigenvalue weighted by molar-refractivity contribution is -0.125. The smallest absolute Gasteiger partial charge is 0.416 e. The molecule has 0 N–H and O–H groups in total. The van der Waals surface area contributed by atoms with Crippen molar-refractivity contribution in [2.75, 3.05) is 33.7 Å². The lowest BCUT2D eigenvalue weighted by Gasteiger charge is -2.25. The fourth-order valence-corrected chi connectivity index (χ4v) is 5.75. The molecule has 4 rings (SSSR count). The predicted molar refractivity (Wildman–Crippen MR) is 160 cm³/mol. The van der Waals surface area contributed by atoms with Crippen molar-refractivity contribution in [1.29, 1.82) is 0 Å². The summed E-state index contributed by atoms with van der Waals surface area (Å²) >= 11 is 0. The molecule has 0 radical (unpaired) electrons. The van der Waals surface area contributed by atoms with Crippen LogP contribution in [0.25, 0.3) is 10.8 Å². The molecule has 0 saturated carbocycles. The number of carbonyl (C=O) groups is 2. The van der Waals surface area contributed by atoms with Crippen LogP contribution in [-0.4, -0.2) is 79.7 Å². The molecule has 0 unspecified atom stereocenters. The normalized spacial score (nSPS) is 14.1. The Morgan fingerprint density at radius 3 is 2.39 bits per heavy atom. The van der Waals surface area contributed by atoms with Gasteiger partial charge in [0.25, 0.3) is 0 Å². The number of carbonyl (C=O) groups excluding carboxylic acids is 2. The van der Waals surface area contributed by atoms with Crippen LogP contribution in [0.2, 0.25) is 0 Å². The number of aliphatic imine (C=N–C) groups is 1. The summed E-state index contributed by atoms with van der Waals surface area (Å²) in [5.41, 5.74) is 1.10. The van der Waals surface area contributed by atoms with Crippen LogP contribution in [0.3, 0.4) is 0 Å². The standard InChI is InChI=1S/C31H36N4O5S/c1-31(2,3)40-30(37)35-21-19-32-29(35)25-17-15-23(16-18-25)22-33(4)28(36)14-9-20-34(5)41(38,39)27-13-8-11-24-10-6-7-12-26(24)27/h6-18H,19-22H2,1-5H3. The van der Waals surface area contributed by atoms with E-state index in [4.69, 9.17) is 4.74 Å². The number of amides is 2. The van der Waals surface area contributed by atoms with Crippen LogP contribution in [0.4, 0.5) is 4.79 Å². The third-order valence-electron chi connectivity index (χ3n) is 6.52. The number of likely N-dealkylation sites (N-methyl/N-ethyl adjacent to an activating group) is 2. The molecule has 0 aromatic heterocycles. The maximum atomic E-state index is 13.2. The summed E-state index contributed by atoms with van der Waals surface area (Å²) in [7, 11) is -0.568. The van der Waals surface area contributed by atoms with Crippen LogP contribution >= 0.6 is 0 Å². The molecule has 1 heterocycles. The van der Waals surface area contributed by atoms with E-state index in [1.165, 1.54) is 22.3 Å². The Labute approximate surface area is 241 Å². The van der Waals surface area contributed by atoms with Crippen molar-refractivity contribution < 1.29 is 22.7 Å². The number of benzene rings is 3. The third kappa shape index (κ3) is 7.20. The molecule has 0 fully saturated rings. The Morgan fingerprint density at radius 2 is 1.68 bits per heavy atom. The summed E-state index contributed by atoms with van der Waals surface area (Å²) in [5.74, 6) is 0.321. The molecule has 41 heavy (non-hydrogen) atoms. The number of ether oxygens (including phenoxy) is 1. The molecule has 216 valence electrons. The largest absolute Gasteiger partial charge is 0.443 e. The Hall–Kier alpha value is -4.02. The molecule has 10 heteroatoms. The Morgan fingerprint density at radius 1 is 1.00 bits per heavy atom. The highest BCUT2D eigenvalue weighted by atomic mass is 32.2. The highest BCUT2D eigenvalue weighted by Crippen LogP contribution is 2.25. The van der Waals surface area contributed by atoms with Gasteiger partial charge >= 0.3 is 6.09 Å². The first-order chi connectivity index (χ1) is 19.4. The molecule has 3 aromatic rings. The first-order valence-electron chi connectivity index (χ1n) is 13.4. The third-order valence-corrected chi connectivity index (χ3v) is 8.41. The summed E-state index contributed by atoms with van der Waals surface area (Å²) in [4.78, 5) is 33.1. The summed E-state index contributed by atoms with van der Waals surface area (Å²) < 4.78 is 33.1. The minimum Gasteiger partial charge on any atom is -0.443 e. The molecular formula is C31H36N4O5S. The second-order valence-corrected chi connectivity index (χ2v) is 12.9. The number of sulfonamides is 1. The Balaban J connectivity index is 1.34. The minimum atomic E-state index is -3.75. The van der Waals surface area contributed by atoms with Gasteiger partial charge in [0.1, 0.15) is 11.4 Å². The van der Waals surface area contributed by atoms with Gasteiger partial charge in [-0.05, 0) is 37.8 Å². The van der Waals surface area contributed by atoms with Gasteiger partial charge in [-0.25, -0.2) is 13.2 Å². The van der Waals surface area contributed by atoms with E-state index < -0.39 is 21.7 Å². The average Bonchev–Trinajstić information content (AvgIpc) is 3.42. The molecule has 9 nitrogen and oxygen atoms in total. The van der Waals surface area contributed by atoms with Gasteiger partial charge < -0.3 is 9.64 Å². The van der Waals surface area contributed by atoms with E-state index in [0.29, 0.717) is 30.9 Å². The second kappa shape index (κ2) is 12.2. The van der Waals surface area contributed by atoms with Crippen molar-refractivity contribution in [3.05, 3.63) is 90.0 Å². The van der Waals surface area contributed by atoms with Crippen molar-refractivity contribution in [3.8, 4) is 0 Å². The predicted octanol–water partition coefficient (Wildman–Crippen LogP) is 4.67. The summed E-state index contributed by atoms with van der Waals surface area (Å²) in [5, 5.41) is 1.50. The number of rotatable bonds is 8. The van der Waals surface area contributed by atoms with Crippen LogP contribution in [-0.2, 0) is 26.1 Å². The molecule has 0 atom stereocenters. The van der Waals surface area contributed by atoms with Crippen LogP contribution in [0.1, 0.15) is 31.9 Å². The van der Waals surface area contributed by atoms with E-state index in [2.05, 4.69) is 4.99 Å². The number of fused-ring (bicyclic) bond motifs is 1. The number of amidine groups is 1. The van der Waals surface area contributed by atoms with Gasteiger partial charge in [-0.1, -0.05) is 66.7 Å². The van der Waals surface area contributed by atoms with Crippen LogP contribution in [0.5, 0.6) is 0 Å². The molecule has 0 spiro atoms. The van der Waals surface area contributed by atoms with Crippen LogP contribution in [0, 0.1) is 0 Å². The summed E-state index contributed by atoms with van der Waals surface area (Å²) in [6, 6.07) is 20.1. The van der Waals surface area contributed by atoms with E-state index in [1.54, 1.807) is 36.2 Å². The zero-order chi connectivity index (χ0) is 29.8. The SMILES string of the molecule is CN(Cc1ccc(C2=NCCN2C(=O)OC(C)(C)C)cc1)C(=O)C=CCN(C)S(=O)(=O)c1cccc2ccccc12. The van der Waals surface area contributed by atoms with Gasteiger partial charge in [0.2, 0.25) is 15.9 Å². The van der Waals surface area contributed by atoms with E-state index in [1.807, 2.05) is 69.3 Å². The quantitative estimate of drug-likeness (QED) is 0.363. The number of hydrogen-bond acceptors (Lipinski definition) is 6. The lowest BCUT2D eigenvalue weighted by Crippen LogP contribution is -2.39. The Bertz CT molecular complexity index is 1590. The molecule has 1 aliphatic heterocycles. The first-order valence-corrected chi connectivity index (χ1v) is 14.8. The van der Waals surface area contributed by atoms with Crippen molar-refractivity contribution in [1.82, 2.24) is 14.1 Å². The van der Waals surface area contributed by atoms with E-state index in [9.17, 15) is 18.0 Å². The molecule has 0 bridgehead atoms. The highest BCUT2D eigenvalue weighted by Gasteiger charge is 2.29.